The van der Waals surface area contributed by atoms with Gasteiger partial charge >= 0.3 is 0 Å². The first kappa shape index (κ1) is 35.5. The highest BCUT2D eigenvalue weighted by Gasteiger charge is 2.70. The molecule has 2 heterocycles. The van der Waals surface area contributed by atoms with E-state index in [1.807, 2.05) is 13.0 Å². The summed E-state index contributed by atoms with van der Waals surface area (Å²) in [6, 6.07) is 21.2. The number of halogens is 4. The average Bonchev–Trinajstić information content (AvgIpc) is 3.51. The molecule has 4 amide bonds. The molecule has 4 aromatic carbocycles. The van der Waals surface area contributed by atoms with Crippen LogP contribution < -0.4 is 15.1 Å². The van der Waals surface area contributed by atoms with Gasteiger partial charge < -0.3 is 9.84 Å². The zero-order valence-corrected chi connectivity index (χ0v) is 31.3. The molecule has 1 saturated carbocycles. The lowest BCUT2D eigenvalue weighted by Gasteiger charge is -2.50. The Labute approximate surface area is 325 Å². The van der Waals surface area contributed by atoms with Crippen molar-refractivity contribution < 1.29 is 29.0 Å². The highest BCUT2D eigenvalue weighted by atomic mass is 35.5. The molecule has 0 radical (unpaired) electrons. The van der Waals surface area contributed by atoms with Gasteiger partial charge in [-0.1, -0.05) is 82.3 Å². The fourth-order valence-corrected chi connectivity index (χ4v) is 9.82. The Morgan fingerprint density at radius 3 is 2.25 bits per heavy atom. The number of phenolic OH excluding ortho intramolecular Hbond substituents is 1. The highest BCUT2D eigenvalue weighted by molar-refractivity contribution is 6.36. The van der Waals surface area contributed by atoms with E-state index in [0.29, 0.717) is 38.2 Å². The van der Waals surface area contributed by atoms with Crippen LogP contribution in [0.5, 0.6) is 11.5 Å². The molecule has 0 spiro atoms. The Morgan fingerprint density at radius 1 is 0.811 bits per heavy atom. The van der Waals surface area contributed by atoms with Crippen LogP contribution in [0.3, 0.4) is 0 Å². The van der Waals surface area contributed by atoms with Gasteiger partial charge in [-0.15, -0.1) is 0 Å². The van der Waals surface area contributed by atoms with E-state index >= 15 is 4.79 Å². The first-order valence-corrected chi connectivity index (χ1v) is 18.4. The molecule has 13 heteroatoms. The standard InChI is InChI=1S/C40H31Cl4N3O6/c1-19-3-7-22(16-30(19)42)46-36(49)27-13-12-25-28(34(27)38(46)51)18-29-37(50)47(45-33-14-6-21(41)15-32(33)44)39(52)40(29,20-4-9-24(53-2)10-5-20)35(25)26-11-8-23(48)17-31(26)43/h3-12,14-17,27-29,34-35,45,48H,13,18H2,1-2H3/t27-,28+,29-,34-,35+,40+/m0/s1. The van der Waals surface area contributed by atoms with Gasteiger partial charge in [0.25, 0.3) is 11.8 Å². The quantitative estimate of drug-likeness (QED) is 0.149. The number of aryl methyl sites for hydroxylation is 1. The van der Waals surface area contributed by atoms with Gasteiger partial charge in [-0.2, -0.15) is 5.01 Å². The summed E-state index contributed by atoms with van der Waals surface area (Å²) in [7, 11) is 1.53. The van der Waals surface area contributed by atoms with Crippen molar-refractivity contribution in [3.8, 4) is 11.5 Å². The number of imide groups is 2. The monoisotopic (exact) mass is 789 g/mol. The van der Waals surface area contributed by atoms with E-state index in [1.165, 1.54) is 30.2 Å². The zero-order valence-electron chi connectivity index (χ0n) is 28.3. The second-order valence-electron chi connectivity index (χ2n) is 13.9. The van der Waals surface area contributed by atoms with Crippen molar-refractivity contribution in [3.63, 3.8) is 0 Å². The molecule has 4 aliphatic rings. The van der Waals surface area contributed by atoms with Gasteiger partial charge in [-0.25, -0.2) is 4.90 Å². The Bertz CT molecular complexity index is 2280. The van der Waals surface area contributed by atoms with Crippen LogP contribution >= 0.6 is 46.4 Å². The lowest BCUT2D eigenvalue weighted by molar-refractivity contribution is -0.138. The fourth-order valence-electron chi connectivity index (χ4n) is 8.91. The second-order valence-corrected chi connectivity index (χ2v) is 15.5. The molecule has 2 aliphatic carbocycles. The van der Waals surface area contributed by atoms with Crippen LogP contribution in [0.1, 0.15) is 35.4 Å². The van der Waals surface area contributed by atoms with E-state index in [2.05, 4.69) is 5.43 Å². The van der Waals surface area contributed by atoms with Crippen molar-refractivity contribution in [2.75, 3.05) is 17.4 Å². The number of hydrazine groups is 1. The summed E-state index contributed by atoms with van der Waals surface area (Å²) in [5.41, 5.74) is 4.54. The molecule has 2 N–H and O–H groups in total. The SMILES string of the molecule is COc1ccc([C@@]23C(=O)N(Nc4ccc(Cl)cc4Cl)C(=O)[C@@H]2C[C@@H]2C(=CC[C@@H]4C(=O)N(c5ccc(C)c(Cl)c5)C(=O)[C@@H]42)[C@@H]3c2ccc(O)cc2Cl)cc1. The number of ether oxygens (including phenoxy) is 1. The Balaban J connectivity index is 1.33. The number of rotatable bonds is 6. The summed E-state index contributed by atoms with van der Waals surface area (Å²) in [6.07, 6.45) is 2.23. The number of carbonyl (C=O) groups excluding carboxylic acids is 4. The maximum Gasteiger partial charge on any atom is 0.260 e. The van der Waals surface area contributed by atoms with Crippen molar-refractivity contribution in [1.82, 2.24) is 5.01 Å². The number of hydrogen-bond acceptors (Lipinski definition) is 7. The van der Waals surface area contributed by atoms with E-state index in [0.717, 1.165) is 10.6 Å². The largest absolute Gasteiger partial charge is 0.508 e. The number of allylic oxidation sites excluding steroid dienone is 2. The van der Waals surface area contributed by atoms with E-state index in [1.54, 1.807) is 60.7 Å². The minimum absolute atomic E-state index is 0.0733. The van der Waals surface area contributed by atoms with Crippen LogP contribution in [0.4, 0.5) is 11.4 Å². The molecule has 4 aromatic rings. The van der Waals surface area contributed by atoms with Crippen molar-refractivity contribution in [2.24, 2.45) is 23.7 Å². The first-order chi connectivity index (χ1) is 25.4. The number of phenols is 1. The number of hydrogen-bond donors (Lipinski definition) is 2. The van der Waals surface area contributed by atoms with Crippen molar-refractivity contribution in [1.29, 1.82) is 0 Å². The van der Waals surface area contributed by atoms with E-state index in [-0.39, 0.29) is 40.2 Å². The third kappa shape index (κ3) is 5.35. The van der Waals surface area contributed by atoms with E-state index < -0.39 is 52.7 Å². The number of fused-ring (bicyclic) bond motifs is 4. The normalized spacial score (nSPS) is 26.3. The number of anilines is 2. The van der Waals surface area contributed by atoms with Crippen LogP contribution in [0.2, 0.25) is 20.1 Å². The maximum absolute atomic E-state index is 15.4. The molecular formula is C40H31Cl4N3O6. The summed E-state index contributed by atoms with van der Waals surface area (Å²) in [4.78, 5) is 60.1. The number of nitrogens with one attached hydrogen (secondary N) is 1. The number of nitrogens with zero attached hydrogens (tertiary/aromatic N) is 2. The van der Waals surface area contributed by atoms with Gasteiger partial charge in [-0.05, 0) is 97.0 Å². The summed E-state index contributed by atoms with van der Waals surface area (Å²) in [5.74, 6) is -5.50. The third-order valence-corrected chi connectivity index (χ3v) is 12.6. The molecular weight excluding hydrogens is 760 g/mol. The number of aromatic hydroxyl groups is 1. The topological polar surface area (TPSA) is 116 Å². The minimum atomic E-state index is -1.60. The fraction of sp³-hybridized carbons (Fsp3) is 0.250. The Hall–Kier alpha value is -4.54. The average molecular weight is 792 g/mol. The van der Waals surface area contributed by atoms with Crippen LogP contribution in [0.15, 0.2) is 90.5 Å². The van der Waals surface area contributed by atoms with E-state index in [9.17, 15) is 19.5 Å². The minimum Gasteiger partial charge on any atom is -0.508 e. The number of benzene rings is 4. The van der Waals surface area contributed by atoms with Gasteiger partial charge in [0.05, 0.1) is 46.7 Å². The molecule has 0 aromatic heterocycles. The van der Waals surface area contributed by atoms with Crippen molar-refractivity contribution >= 4 is 81.4 Å². The van der Waals surface area contributed by atoms with Crippen molar-refractivity contribution in [3.05, 3.63) is 127 Å². The summed E-state index contributed by atoms with van der Waals surface area (Å²) >= 11 is 26.1. The second kappa shape index (κ2) is 13.1. The number of amides is 4. The lowest BCUT2D eigenvalue weighted by atomic mass is 9.49. The van der Waals surface area contributed by atoms with Crippen molar-refractivity contribution in [2.45, 2.75) is 31.1 Å². The third-order valence-electron chi connectivity index (χ3n) is 11.3. The van der Waals surface area contributed by atoms with Crippen LogP contribution in [0, 0.1) is 30.6 Å². The van der Waals surface area contributed by atoms with Crippen LogP contribution in [-0.4, -0.2) is 40.9 Å². The molecule has 9 nitrogen and oxygen atoms in total. The first-order valence-electron chi connectivity index (χ1n) is 16.9. The van der Waals surface area contributed by atoms with Gasteiger partial charge in [0.15, 0.2) is 0 Å². The predicted octanol–water partition coefficient (Wildman–Crippen LogP) is 8.51. The molecule has 8 rings (SSSR count). The van der Waals surface area contributed by atoms with E-state index in [4.69, 9.17) is 51.1 Å². The van der Waals surface area contributed by atoms with Gasteiger partial charge in [0.1, 0.15) is 11.5 Å². The maximum atomic E-state index is 15.4. The Kier molecular flexibility index (Phi) is 8.77. The molecule has 2 aliphatic heterocycles. The Morgan fingerprint density at radius 2 is 1.57 bits per heavy atom. The summed E-state index contributed by atoms with van der Waals surface area (Å²) < 4.78 is 5.45. The molecule has 0 bridgehead atoms. The molecule has 270 valence electrons. The molecule has 0 unspecified atom stereocenters. The molecule has 2 saturated heterocycles. The van der Waals surface area contributed by atoms with Gasteiger partial charge in [-0.3, -0.25) is 24.6 Å². The van der Waals surface area contributed by atoms with Crippen LogP contribution in [-0.2, 0) is 24.6 Å². The summed E-state index contributed by atoms with van der Waals surface area (Å²) in [6.45, 7) is 1.83. The lowest BCUT2D eigenvalue weighted by Crippen LogP contribution is -2.53. The molecule has 6 atom stereocenters. The smallest absolute Gasteiger partial charge is 0.260 e. The molecule has 53 heavy (non-hydrogen) atoms. The summed E-state index contributed by atoms with van der Waals surface area (Å²) in [5, 5.41) is 12.6. The molecule has 3 fully saturated rings. The number of methoxy groups -OCH3 is 1. The van der Waals surface area contributed by atoms with Crippen LogP contribution in [0.25, 0.3) is 0 Å². The predicted molar refractivity (Wildman–Crippen MR) is 202 cm³/mol. The highest BCUT2D eigenvalue weighted by Crippen LogP contribution is 2.65. The van der Waals surface area contributed by atoms with Gasteiger partial charge in [0.2, 0.25) is 11.8 Å². The zero-order chi connectivity index (χ0) is 37.5. The number of carbonyl (C=O) groups is 4. The van der Waals surface area contributed by atoms with Gasteiger partial charge in [0, 0.05) is 21.0 Å².